The van der Waals surface area contributed by atoms with Crippen molar-refractivity contribution < 1.29 is 19.2 Å². The van der Waals surface area contributed by atoms with E-state index in [4.69, 9.17) is 9.63 Å². The lowest BCUT2D eigenvalue weighted by Crippen LogP contribution is -2.37. The molecule has 1 aliphatic carbocycles. The maximum Gasteiger partial charge on any atom is 0.306 e. The van der Waals surface area contributed by atoms with Gasteiger partial charge >= 0.3 is 5.97 Å². The number of hydrogen-bond acceptors (Lipinski definition) is 5. The van der Waals surface area contributed by atoms with E-state index in [1.165, 1.54) is 6.20 Å². The zero-order valence-electron chi connectivity index (χ0n) is 12.7. The van der Waals surface area contributed by atoms with Gasteiger partial charge < -0.3 is 14.9 Å². The minimum absolute atomic E-state index is 0.289. The van der Waals surface area contributed by atoms with E-state index in [1.54, 1.807) is 12.1 Å². The molecule has 0 fully saturated rings. The van der Waals surface area contributed by atoms with Crippen molar-refractivity contribution in [2.24, 2.45) is 5.92 Å². The molecule has 1 aliphatic rings. The molecule has 7 heteroatoms. The highest BCUT2D eigenvalue weighted by Gasteiger charge is 2.25. The number of aliphatic carboxylic acids is 1. The molecule has 0 spiro atoms. The van der Waals surface area contributed by atoms with Crippen molar-refractivity contribution in [2.45, 2.75) is 32.2 Å². The van der Waals surface area contributed by atoms with Crippen LogP contribution in [-0.4, -0.2) is 33.2 Å². The zero-order chi connectivity index (χ0) is 16.4. The van der Waals surface area contributed by atoms with Crippen LogP contribution in [0.3, 0.4) is 0 Å². The van der Waals surface area contributed by atoms with E-state index in [9.17, 15) is 9.59 Å². The van der Waals surface area contributed by atoms with Gasteiger partial charge in [0.05, 0.1) is 22.6 Å². The molecule has 2 heterocycles. The fraction of sp³-hybridized carbons (Fsp3) is 0.375. The molecule has 0 saturated carbocycles. The van der Waals surface area contributed by atoms with Crippen molar-refractivity contribution in [3.63, 3.8) is 0 Å². The van der Waals surface area contributed by atoms with Crippen molar-refractivity contribution in [2.75, 3.05) is 0 Å². The normalized spacial score (nSPS) is 20.6. The maximum atomic E-state index is 12.4. The lowest BCUT2D eigenvalue weighted by Gasteiger charge is -2.22. The van der Waals surface area contributed by atoms with Gasteiger partial charge in [-0.3, -0.25) is 9.59 Å². The van der Waals surface area contributed by atoms with Crippen LogP contribution < -0.4 is 5.32 Å². The first-order valence-corrected chi connectivity index (χ1v) is 7.53. The van der Waals surface area contributed by atoms with Crippen LogP contribution in [0.2, 0.25) is 0 Å². The summed E-state index contributed by atoms with van der Waals surface area (Å²) < 4.78 is 5.10. The Morgan fingerprint density at radius 2 is 2.30 bits per heavy atom. The quantitative estimate of drug-likeness (QED) is 0.835. The lowest BCUT2D eigenvalue weighted by atomic mass is 9.91. The molecule has 2 N–H and O–H groups in total. The van der Waals surface area contributed by atoms with Crippen LogP contribution in [0.1, 0.15) is 35.8 Å². The van der Waals surface area contributed by atoms with E-state index >= 15 is 0 Å². The molecule has 2 atom stereocenters. The van der Waals surface area contributed by atoms with Crippen LogP contribution in [0, 0.1) is 5.92 Å². The van der Waals surface area contributed by atoms with Gasteiger partial charge in [0.15, 0.2) is 0 Å². The summed E-state index contributed by atoms with van der Waals surface area (Å²) in [4.78, 5) is 27.5. The number of aromatic nitrogens is 2. The number of rotatable bonds is 4. The number of pyridine rings is 1. The van der Waals surface area contributed by atoms with Crippen LogP contribution in [0.15, 0.2) is 28.9 Å². The summed E-state index contributed by atoms with van der Waals surface area (Å²) in [6.45, 7) is 1.95. The van der Waals surface area contributed by atoms with Gasteiger partial charge in [-0.15, -0.1) is 0 Å². The van der Waals surface area contributed by atoms with Crippen molar-refractivity contribution >= 4 is 23.0 Å². The second-order valence-corrected chi connectivity index (χ2v) is 5.57. The van der Waals surface area contributed by atoms with Gasteiger partial charge in [0.2, 0.25) is 0 Å². The molecule has 0 unspecified atom stereocenters. The number of hydrogen-bond donors (Lipinski definition) is 2. The Labute approximate surface area is 132 Å². The minimum atomic E-state index is -0.839. The molecule has 2 aromatic heterocycles. The summed E-state index contributed by atoms with van der Waals surface area (Å²) in [6, 6.07) is 1.41. The van der Waals surface area contributed by atoms with Gasteiger partial charge in [-0.05, 0) is 25.3 Å². The summed E-state index contributed by atoms with van der Waals surface area (Å²) in [5.74, 6) is -1.59. The number of nitrogens with one attached hydrogen (secondary N) is 1. The smallest absolute Gasteiger partial charge is 0.306 e. The fourth-order valence-corrected chi connectivity index (χ4v) is 2.71. The van der Waals surface area contributed by atoms with Gasteiger partial charge in [-0.25, -0.2) is 4.98 Å². The van der Waals surface area contributed by atoms with Crippen molar-refractivity contribution in [1.82, 2.24) is 15.5 Å². The Morgan fingerprint density at radius 1 is 1.48 bits per heavy atom. The molecule has 7 nitrogen and oxygen atoms in total. The number of carbonyl (C=O) groups excluding carboxylic acids is 1. The Balaban J connectivity index is 1.76. The Hall–Kier alpha value is -2.70. The van der Waals surface area contributed by atoms with Crippen LogP contribution in [0.4, 0.5) is 0 Å². The van der Waals surface area contributed by atoms with Crippen molar-refractivity contribution in [3.05, 3.63) is 35.7 Å². The molecule has 0 radical (unpaired) electrons. The van der Waals surface area contributed by atoms with Crippen LogP contribution in [0.25, 0.3) is 11.1 Å². The fourth-order valence-electron chi connectivity index (χ4n) is 2.71. The molecule has 2 aromatic rings. The van der Waals surface area contributed by atoms with Gasteiger partial charge in [0, 0.05) is 12.2 Å². The predicted molar refractivity (Wildman–Crippen MR) is 81.9 cm³/mol. The van der Waals surface area contributed by atoms with Crippen LogP contribution in [0.5, 0.6) is 0 Å². The Morgan fingerprint density at radius 3 is 3.04 bits per heavy atom. The molecule has 3 rings (SSSR count). The SMILES string of the molecule is CCc1noc2ncc(C(=O)N[C@H]3C=CC[C@H](C(=O)O)C3)cc12. The van der Waals surface area contributed by atoms with Gasteiger partial charge in [-0.2, -0.15) is 0 Å². The number of carboxylic acid groups (broad SMARTS) is 1. The third-order valence-electron chi connectivity index (χ3n) is 3.99. The molecule has 0 aliphatic heterocycles. The lowest BCUT2D eigenvalue weighted by molar-refractivity contribution is -0.142. The molecule has 23 heavy (non-hydrogen) atoms. The highest BCUT2D eigenvalue weighted by atomic mass is 16.5. The number of allylic oxidation sites excluding steroid dienone is 1. The van der Waals surface area contributed by atoms with Gasteiger partial charge in [-0.1, -0.05) is 24.2 Å². The molecular weight excluding hydrogens is 298 g/mol. The van der Waals surface area contributed by atoms with Crippen LogP contribution >= 0.6 is 0 Å². The van der Waals surface area contributed by atoms with E-state index in [0.717, 1.165) is 11.1 Å². The molecule has 0 saturated heterocycles. The minimum Gasteiger partial charge on any atom is -0.481 e. The second kappa shape index (κ2) is 6.20. The average molecular weight is 315 g/mol. The molecule has 0 bridgehead atoms. The summed E-state index contributed by atoms with van der Waals surface area (Å²) >= 11 is 0. The summed E-state index contributed by atoms with van der Waals surface area (Å²) in [6.07, 6.45) is 6.63. The van der Waals surface area contributed by atoms with Crippen molar-refractivity contribution in [1.29, 1.82) is 0 Å². The van der Waals surface area contributed by atoms with Crippen LogP contribution in [-0.2, 0) is 11.2 Å². The summed E-state index contributed by atoms with van der Waals surface area (Å²) in [5, 5.41) is 16.6. The topological polar surface area (TPSA) is 105 Å². The molecule has 0 aromatic carbocycles. The third kappa shape index (κ3) is 3.08. The number of aryl methyl sites for hydroxylation is 1. The third-order valence-corrected chi connectivity index (χ3v) is 3.99. The van der Waals surface area contributed by atoms with E-state index < -0.39 is 11.9 Å². The summed E-state index contributed by atoms with van der Waals surface area (Å²) in [7, 11) is 0. The first-order chi connectivity index (χ1) is 11.1. The maximum absolute atomic E-state index is 12.4. The number of nitrogens with zero attached hydrogens (tertiary/aromatic N) is 2. The number of carbonyl (C=O) groups is 2. The highest BCUT2D eigenvalue weighted by molar-refractivity contribution is 5.97. The largest absolute Gasteiger partial charge is 0.481 e. The predicted octanol–water partition coefficient (Wildman–Crippen LogP) is 1.93. The first kappa shape index (κ1) is 15.2. The number of fused-ring (bicyclic) bond motifs is 1. The number of amides is 1. The number of carboxylic acids is 1. The highest BCUT2D eigenvalue weighted by Crippen LogP contribution is 2.21. The summed E-state index contributed by atoms with van der Waals surface area (Å²) in [5.41, 5.74) is 1.56. The molecule has 1 amide bonds. The van der Waals surface area contributed by atoms with Crippen molar-refractivity contribution in [3.8, 4) is 0 Å². The first-order valence-electron chi connectivity index (χ1n) is 7.53. The zero-order valence-corrected chi connectivity index (χ0v) is 12.7. The molecular formula is C16H17N3O4. The van der Waals surface area contributed by atoms with Gasteiger partial charge in [0.1, 0.15) is 0 Å². The van der Waals surface area contributed by atoms with E-state index in [1.807, 2.05) is 13.0 Å². The second-order valence-electron chi connectivity index (χ2n) is 5.57. The average Bonchev–Trinajstić information content (AvgIpc) is 2.97. The molecule has 120 valence electrons. The monoisotopic (exact) mass is 315 g/mol. The Kier molecular flexibility index (Phi) is 4.10. The van der Waals surface area contributed by atoms with E-state index in [0.29, 0.717) is 30.5 Å². The van der Waals surface area contributed by atoms with Gasteiger partial charge in [0.25, 0.3) is 11.6 Å². The standard InChI is InChI=1S/C16H17N3O4/c1-2-13-12-7-10(8-17-15(12)23-19-13)14(20)18-11-5-3-4-9(6-11)16(21)22/h3,5,7-9,11H,2,4,6H2,1H3,(H,18,20)(H,21,22)/t9-,11-/m0/s1. The van der Waals surface area contributed by atoms with E-state index in [2.05, 4.69) is 15.5 Å². The van der Waals surface area contributed by atoms with E-state index in [-0.39, 0.29) is 11.9 Å². The Bertz CT molecular complexity index is 781.